The Hall–Kier alpha value is -3.74. The van der Waals surface area contributed by atoms with Crippen molar-refractivity contribution in [2.45, 2.75) is 12.6 Å². The lowest BCUT2D eigenvalue weighted by Crippen LogP contribution is -2.31. The molecule has 2 aromatic heterocycles. The maximum absolute atomic E-state index is 14.0. The van der Waals surface area contributed by atoms with Crippen LogP contribution in [0.3, 0.4) is 0 Å². The summed E-state index contributed by atoms with van der Waals surface area (Å²) in [6.45, 7) is 0.532. The highest BCUT2D eigenvalue weighted by Gasteiger charge is 2.19. The van der Waals surface area contributed by atoms with Crippen molar-refractivity contribution in [3.05, 3.63) is 96.5 Å². The molecule has 0 saturated heterocycles. The van der Waals surface area contributed by atoms with E-state index in [1.54, 1.807) is 36.8 Å². The van der Waals surface area contributed by atoms with Gasteiger partial charge in [-0.3, -0.25) is 9.89 Å². The van der Waals surface area contributed by atoms with Gasteiger partial charge in [-0.15, -0.1) is 0 Å². The van der Waals surface area contributed by atoms with Crippen LogP contribution in [0.4, 0.5) is 4.39 Å². The van der Waals surface area contributed by atoms with Gasteiger partial charge in [0.1, 0.15) is 11.5 Å². The fraction of sp³-hybridized carbons (Fsp3) is 0.0952. The van der Waals surface area contributed by atoms with E-state index in [1.807, 2.05) is 41.1 Å². The van der Waals surface area contributed by atoms with Gasteiger partial charge in [-0.2, -0.15) is 5.10 Å². The molecule has 2 N–H and O–H groups in total. The summed E-state index contributed by atoms with van der Waals surface area (Å²) in [7, 11) is 0. The van der Waals surface area contributed by atoms with Crippen LogP contribution in [0.2, 0.25) is 0 Å². The fourth-order valence-electron chi connectivity index (χ4n) is 3.01. The highest BCUT2D eigenvalue weighted by molar-refractivity contribution is 5.93. The second-order valence-corrected chi connectivity index (χ2v) is 6.34. The molecule has 0 aliphatic carbocycles. The molecule has 6 nitrogen and oxygen atoms in total. The fourth-order valence-corrected chi connectivity index (χ4v) is 3.01. The Balaban J connectivity index is 1.55. The van der Waals surface area contributed by atoms with Gasteiger partial charge in [0.25, 0.3) is 5.91 Å². The molecule has 0 aliphatic heterocycles. The number of rotatable bonds is 6. The summed E-state index contributed by atoms with van der Waals surface area (Å²) >= 11 is 0. The van der Waals surface area contributed by atoms with Gasteiger partial charge in [-0.25, -0.2) is 9.37 Å². The number of amides is 1. The molecule has 2 aromatic carbocycles. The first-order valence-corrected chi connectivity index (χ1v) is 8.82. The van der Waals surface area contributed by atoms with E-state index in [4.69, 9.17) is 0 Å². The zero-order valence-corrected chi connectivity index (χ0v) is 14.9. The molecule has 0 bridgehead atoms. The molecule has 7 heteroatoms. The lowest BCUT2D eigenvalue weighted by molar-refractivity contribution is 0.0927. The van der Waals surface area contributed by atoms with Crippen molar-refractivity contribution in [3.63, 3.8) is 0 Å². The summed E-state index contributed by atoms with van der Waals surface area (Å²) < 4.78 is 15.9. The third-order valence-electron chi connectivity index (χ3n) is 4.43. The summed E-state index contributed by atoms with van der Waals surface area (Å²) in [5.74, 6) is -0.702. The number of benzene rings is 2. The molecule has 2 heterocycles. The van der Waals surface area contributed by atoms with Crippen molar-refractivity contribution in [2.24, 2.45) is 0 Å². The molecule has 0 radical (unpaired) electrons. The standard InChI is InChI=1S/C21H18FN5O/c22-17-9-5-4-8-16(17)18-12-19(26-25-18)21(28)24-20(13-27-11-10-23-14-27)15-6-2-1-3-7-15/h1-12,14,20H,13H2,(H,24,28)(H,25,26)/t20-/m0/s1. The van der Waals surface area contributed by atoms with Crippen molar-refractivity contribution < 1.29 is 9.18 Å². The number of carbonyl (C=O) groups excluding carboxylic acids is 1. The Kier molecular flexibility index (Phi) is 4.97. The number of nitrogens with one attached hydrogen (secondary N) is 2. The molecular formula is C21H18FN5O. The van der Waals surface area contributed by atoms with Crippen LogP contribution < -0.4 is 5.32 Å². The molecule has 0 unspecified atom stereocenters. The minimum atomic E-state index is -0.386. The normalized spacial score (nSPS) is 11.9. The number of hydrogen-bond acceptors (Lipinski definition) is 3. The number of hydrogen-bond donors (Lipinski definition) is 2. The third-order valence-corrected chi connectivity index (χ3v) is 4.43. The van der Waals surface area contributed by atoms with Crippen LogP contribution in [0.1, 0.15) is 22.1 Å². The Morgan fingerprint density at radius 3 is 2.68 bits per heavy atom. The number of aromatic nitrogens is 4. The lowest BCUT2D eigenvalue weighted by atomic mass is 10.1. The number of carbonyl (C=O) groups is 1. The van der Waals surface area contributed by atoms with Crippen LogP contribution in [0, 0.1) is 5.82 Å². The summed E-state index contributed by atoms with van der Waals surface area (Å²) in [6, 6.07) is 17.3. The predicted octanol–water partition coefficient (Wildman–Crippen LogP) is 3.58. The SMILES string of the molecule is O=C(N[C@@H](Cn1ccnc1)c1ccccc1)c1cc(-c2ccccc2F)n[nH]1. The predicted molar refractivity (Wildman–Crippen MR) is 103 cm³/mol. The van der Waals surface area contributed by atoms with Gasteiger partial charge in [0.15, 0.2) is 0 Å². The first-order valence-electron chi connectivity index (χ1n) is 8.82. The second-order valence-electron chi connectivity index (χ2n) is 6.34. The largest absolute Gasteiger partial charge is 0.342 e. The van der Waals surface area contributed by atoms with Gasteiger partial charge in [0.2, 0.25) is 0 Å². The molecule has 0 saturated carbocycles. The monoisotopic (exact) mass is 375 g/mol. The molecule has 28 heavy (non-hydrogen) atoms. The van der Waals surface area contributed by atoms with Gasteiger partial charge in [0.05, 0.1) is 18.1 Å². The topological polar surface area (TPSA) is 75.6 Å². The minimum Gasteiger partial charge on any atom is -0.342 e. The summed E-state index contributed by atoms with van der Waals surface area (Å²) in [6.07, 6.45) is 5.24. The van der Waals surface area contributed by atoms with E-state index in [1.165, 1.54) is 6.07 Å². The van der Waals surface area contributed by atoms with E-state index in [0.29, 0.717) is 17.8 Å². The van der Waals surface area contributed by atoms with Gasteiger partial charge in [0, 0.05) is 24.5 Å². The number of halogens is 1. The van der Waals surface area contributed by atoms with Gasteiger partial charge >= 0.3 is 0 Å². The van der Waals surface area contributed by atoms with Gasteiger partial charge < -0.3 is 9.88 Å². The maximum atomic E-state index is 14.0. The van der Waals surface area contributed by atoms with E-state index >= 15 is 0 Å². The number of H-pyrrole nitrogens is 1. The maximum Gasteiger partial charge on any atom is 0.269 e. The Labute approximate surface area is 161 Å². The van der Waals surface area contributed by atoms with Gasteiger partial charge in [-0.05, 0) is 23.8 Å². The summed E-state index contributed by atoms with van der Waals surface area (Å²) in [5, 5.41) is 9.80. The van der Waals surface area contributed by atoms with Crippen LogP contribution in [0.25, 0.3) is 11.3 Å². The van der Waals surface area contributed by atoms with Crippen LogP contribution >= 0.6 is 0 Å². The number of nitrogens with zero attached hydrogens (tertiary/aromatic N) is 3. The zero-order valence-electron chi connectivity index (χ0n) is 14.9. The molecule has 140 valence electrons. The van der Waals surface area contributed by atoms with Crippen LogP contribution in [-0.2, 0) is 6.54 Å². The smallest absolute Gasteiger partial charge is 0.269 e. The average Bonchev–Trinajstić information content (AvgIpc) is 3.41. The highest BCUT2D eigenvalue weighted by Crippen LogP contribution is 2.21. The van der Waals surface area contributed by atoms with Crippen molar-refractivity contribution in [2.75, 3.05) is 0 Å². The number of aromatic amines is 1. The van der Waals surface area contributed by atoms with Crippen molar-refractivity contribution in [3.8, 4) is 11.3 Å². The first kappa shape index (κ1) is 17.7. The molecule has 0 fully saturated rings. The molecule has 4 rings (SSSR count). The molecule has 0 spiro atoms. The van der Waals surface area contributed by atoms with Crippen LogP contribution in [0.15, 0.2) is 79.4 Å². The molecule has 4 aromatic rings. The van der Waals surface area contributed by atoms with Gasteiger partial charge in [-0.1, -0.05) is 42.5 Å². The van der Waals surface area contributed by atoms with Crippen molar-refractivity contribution in [1.82, 2.24) is 25.1 Å². The van der Waals surface area contributed by atoms with Crippen molar-refractivity contribution >= 4 is 5.91 Å². The van der Waals surface area contributed by atoms with Crippen molar-refractivity contribution in [1.29, 1.82) is 0 Å². The Morgan fingerprint density at radius 2 is 1.93 bits per heavy atom. The lowest BCUT2D eigenvalue weighted by Gasteiger charge is -2.19. The minimum absolute atomic E-state index is 0.261. The highest BCUT2D eigenvalue weighted by atomic mass is 19.1. The molecular weight excluding hydrogens is 357 g/mol. The van der Waals surface area contributed by atoms with E-state index in [2.05, 4.69) is 20.5 Å². The van der Waals surface area contributed by atoms with E-state index in [9.17, 15) is 9.18 Å². The average molecular weight is 375 g/mol. The first-order chi connectivity index (χ1) is 13.7. The third kappa shape index (κ3) is 3.83. The quantitative estimate of drug-likeness (QED) is 0.541. The Bertz CT molecular complexity index is 1060. The van der Waals surface area contributed by atoms with Crippen LogP contribution in [0.5, 0.6) is 0 Å². The molecule has 1 atom stereocenters. The zero-order chi connectivity index (χ0) is 19.3. The molecule has 1 amide bonds. The summed E-state index contributed by atoms with van der Waals surface area (Å²) in [5.41, 5.74) is 1.97. The van der Waals surface area contributed by atoms with E-state index < -0.39 is 0 Å². The van der Waals surface area contributed by atoms with E-state index in [-0.39, 0.29) is 23.5 Å². The Morgan fingerprint density at radius 1 is 1.14 bits per heavy atom. The second kappa shape index (κ2) is 7.87. The number of imidazole rings is 1. The molecule has 0 aliphatic rings. The summed E-state index contributed by atoms with van der Waals surface area (Å²) in [4.78, 5) is 16.8. The van der Waals surface area contributed by atoms with Crippen LogP contribution in [-0.4, -0.2) is 25.7 Å². The van der Waals surface area contributed by atoms with E-state index in [0.717, 1.165) is 5.56 Å².